The second kappa shape index (κ2) is 7.70. The Kier molecular flexibility index (Phi) is 5.15. The smallest absolute Gasteiger partial charge is 0.241 e. The Bertz CT molecular complexity index is 793. The highest BCUT2D eigenvalue weighted by molar-refractivity contribution is 6.30. The van der Waals surface area contributed by atoms with Gasteiger partial charge in [-0.3, -0.25) is 20.2 Å². The Morgan fingerprint density at radius 2 is 2.12 bits per heavy atom. The maximum Gasteiger partial charge on any atom is 0.241 e. The van der Waals surface area contributed by atoms with E-state index < -0.39 is 0 Å². The molecular weight excluding hydrogens is 350 g/mol. The zero-order chi connectivity index (χ0) is 17.9. The second-order valence-corrected chi connectivity index (χ2v) is 7.27. The molecule has 2 unspecified atom stereocenters. The number of hydrazine groups is 1. The van der Waals surface area contributed by atoms with E-state index in [1.54, 1.807) is 12.4 Å². The highest BCUT2D eigenvalue weighted by Crippen LogP contribution is 2.32. The van der Waals surface area contributed by atoms with E-state index in [2.05, 4.69) is 20.8 Å². The van der Waals surface area contributed by atoms with Crippen molar-refractivity contribution in [2.24, 2.45) is 0 Å². The highest BCUT2D eigenvalue weighted by Gasteiger charge is 2.32. The van der Waals surface area contributed by atoms with Gasteiger partial charge in [0.2, 0.25) is 5.91 Å². The van der Waals surface area contributed by atoms with Gasteiger partial charge in [0, 0.05) is 48.5 Å². The fraction of sp³-hybridized carbons (Fsp3) is 0.421. The molecule has 7 heteroatoms. The molecule has 3 heterocycles. The van der Waals surface area contributed by atoms with Crippen LogP contribution in [0.15, 0.2) is 36.7 Å². The predicted molar refractivity (Wildman–Crippen MR) is 101 cm³/mol. The summed E-state index contributed by atoms with van der Waals surface area (Å²) in [6.07, 6.45) is 6.25. The third-order valence-electron chi connectivity index (χ3n) is 5.08. The largest absolute Gasteiger partial charge is 0.341 e. The van der Waals surface area contributed by atoms with Crippen LogP contribution in [-0.4, -0.2) is 46.5 Å². The Morgan fingerprint density at radius 3 is 2.92 bits per heavy atom. The lowest BCUT2D eigenvalue weighted by Gasteiger charge is -2.34. The van der Waals surface area contributed by atoms with Gasteiger partial charge >= 0.3 is 0 Å². The lowest BCUT2D eigenvalue weighted by atomic mass is 9.91. The number of carbonyl (C=O) groups is 1. The van der Waals surface area contributed by atoms with Gasteiger partial charge in [0.25, 0.3) is 0 Å². The van der Waals surface area contributed by atoms with E-state index >= 15 is 0 Å². The Labute approximate surface area is 157 Å². The van der Waals surface area contributed by atoms with Crippen molar-refractivity contribution in [3.05, 3.63) is 47.4 Å². The number of likely N-dealkylation sites (tertiary alicyclic amines) is 1. The molecule has 2 fully saturated rings. The summed E-state index contributed by atoms with van der Waals surface area (Å²) in [4.78, 5) is 23.9. The van der Waals surface area contributed by atoms with Gasteiger partial charge in [-0.05, 0) is 31.4 Å². The molecule has 4 rings (SSSR count). The lowest BCUT2D eigenvalue weighted by Crippen LogP contribution is -2.48. The van der Waals surface area contributed by atoms with Crippen LogP contribution in [-0.2, 0) is 4.79 Å². The number of halogens is 1. The van der Waals surface area contributed by atoms with Crippen LogP contribution in [0.2, 0.25) is 5.02 Å². The van der Waals surface area contributed by atoms with Crippen LogP contribution in [0.25, 0.3) is 11.3 Å². The van der Waals surface area contributed by atoms with E-state index in [4.69, 9.17) is 11.6 Å². The van der Waals surface area contributed by atoms with Crippen molar-refractivity contribution in [3.63, 3.8) is 0 Å². The average Bonchev–Trinajstić information content (AvgIpc) is 3.22. The Morgan fingerprint density at radius 1 is 1.23 bits per heavy atom. The molecule has 0 bridgehead atoms. The highest BCUT2D eigenvalue weighted by atomic mass is 35.5. The van der Waals surface area contributed by atoms with Crippen molar-refractivity contribution in [2.75, 3.05) is 19.6 Å². The minimum absolute atomic E-state index is 0.122. The summed E-state index contributed by atoms with van der Waals surface area (Å²) in [6.45, 7) is 2.32. The maximum atomic E-state index is 12.7. The lowest BCUT2D eigenvalue weighted by molar-refractivity contribution is -0.134. The van der Waals surface area contributed by atoms with Crippen molar-refractivity contribution in [1.29, 1.82) is 0 Å². The first kappa shape index (κ1) is 17.4. The van der Waals surface area contributed by atoms with Gasteiger partial charge in [-0.15, -0.1) is 0 Å². The molecule has 136 valence electrons. The summed E-state index contributed by atoms with van der Waals surface area (Å²) in [7, 11) is 0. The molecule has 0 saturated carbocycles. The van der Waals surface area contributed by atoms with Gasteiger partial charge in [0.15, 0.2) is 0 Å². The second-order valence-electron chi connectivity index (χ2n) is 6.84. The molecule has 2 saturated heterocycles. The molecule has 0 spiro atoms. The number of hydrogen-bond acceptors (Lipinski definition) is 5. The van der Waals surface area contributed by atoms with Crippen LogP contribution in [0.4, 0.5) is 0 Å². The van der Waals surface area contributed by atoms with Gasteiger partial charge in [0.1, 0.15) is 6.04 Å². The Hall–Kier alpha value is -2.02. The monoisotopic (exact) mass is 371 g/mol. The summed E-state index contributed by atoms with van der Waals surface area (Å²) in [5.41, 5.74) is 8.88. The van der Waals surface area contributed by atoms with Crippen molar-refractivity contribution in [2.45, 2.75) is 31.2 Å². The molecule has 2 N–H and O–H groups in total. The first-order chi connectivity index (χ1) is 12.7. The summed E-state index contributed by atoms with van der Waals surface area (Å²) < 4.78 is 0. The number of piperidine rings is 1. The molecule has 6 nitrogen and oxygen atoms in total. The third kappa shape index (κ3) is 3.58. The third-order valence-corrected chi connectivity index (χ3v) is 5.31. The van der Waals surface area contributed by atoms with Crippen LogP contribution in [0.3, 0.4) is 0 Å². The molecule has 1 amide bonds. The van der Waals surface area contributed by atoms with Crippen molar-refractivity contribution >= 4 is 17.5 Å². The van der Waals surface area contributed by atoms with Gasteiger partial charge < -0.3 is 4.90 Å². The fourth-order valence-electron chi connectivity index (χ4n) is 3.80. The number of aromatic nitrogens is 2. The Balaban J connectivity index is 1.58. The van der Waals surface area contributed by atoms with Crippen LogP contribution in [0, 0.1) is 0 Å². The van der Waals surface area contributed by atoms with E-state index in [-0.39, 0.29) is 17.9 Å². The van der Waals surface area contributed by atoms with E-state index in [0.29, 0.717) is 11.6 Å². The molecule has 2 aliphatic rings. The summed E-state index contributed by atoms with van der Waals surface area (Å²) in [6, 6.07) is 7.56. The van der Waals surface area contributed by atoms with Gasteiger partial charge in [-0.25, -0.2) is 5.43 Å². The topological polar surface area (TPSA) is 70.2 Å². The first-order valence-corrected chi connectivity index (χ1v) is 9.44. The van der Waals surface area contributed by atoms with E-state index in [1.165, 1.54) is 0 Å². The van der Waals surface area contributed by atoms with Crippen LogP contribution in [0.5, 0.6) is 0 Å². The van der Waals surface area contributed by atoms with Crippen molar-refractivity contribution in [3.8, 4) is 11.3 Å². The summed E-state index contributed by atoms with van der Waals surface area (Å²) >= 11 is 6.16. The number of nitrogens with zero attached hydrogens (tertiary/aromatic N) is 3. The van der Waals surface area contributed by atoms with E-state index in [1.807, 2.05) is 29.2 Å². The predicted octanol–water partition coefficient (Wildman–Crippen LogP) is 2.37. The molecule has 1 aromatic carbocycles. The van der Waals surface area contributed by atoms with Crippen molar-refractivity contribution < 1.29 is 4.79 Å². The van der Waals surface area contributed by atoms with Crippen LogP contribution < -0.4 is 10.9 Å². The summed E-state index contributed by atoms with van der Waals surface area (Å²) in [5.74, 6) is 0.359. The van der Waals surface area contributed by atoms with Crippen LogP contribution >= 0.6 is 11.6 Å². The molecule has 0 radical (unpaired) electrons. The number of carbonyl (C=O) groups excluding carboxylic acids is 1. The van der Waals surface area contributed by atoms with E-state index in [0.717, 1.165) is 49.3 Å². The normalized spacial score (nSPS) is 23.2. The first-order valence-electron chi connectivity index (χ1n) is 9.06. The summed E-state index contributed by atoms with van der Waals surface area (Å²) in [5, 5.41) is 0.680. The SMILES string of the molecule is O=C(C1CCNN1)N1CCCC(c2nccnc2-c2cccc(Cl)c2)C1. The zero-order valence-corrected chi connectivity index (χ0v) is 15.2. The number of benzene rings is 1. The van der Waals surface area contributed by atoms with Crippen LogP contribution in [0.1, 0.15) is 30.9 Å². The van der Waals surface area contributed by atoms with E-state index in [9.17, 15) is 4.79 Å². The van der Waals surface area contributed by atoms with Gasteiger partial charge in [-0.2, -0.15) is 0 Å². The quantitative estimate of drug-likeness (QED) is 0.866. The minimum atomic E-state index is -0.122. The van der Waals surface area contributed by atoms with Gasteiger partial charge in [0.05, 0.1) is 11.4 Å². The molecule has 2 aromatic rings. The standard InChI is InChI=1S/C19H22ClN5O/c20-15-5-1-3-13(11-15)17-18(22-9-8-21-17)14-4-2-10-25(12-14)19(26)16-6-7-23-24-16/h1,3,5,8-9,11,14,16,23-24H,2,4,6-7,10,12H2. The average molecular weight is 372 g/mol. The molecule has 2 aliphatic heterocycles. The number of hydrogen-bond donors (Lipinski definition) is 2. The maximum absolute atomic E-state index is 12.7. The zero-order valence-electron chi connectivity index (χ0n) is 14.5. The molecule has 2 atom stereocenters. The molecule has 1 aromatic heterocycles. The molecule has 0 aliphatic carbocycles. The molecule has 26 heavy (non-hydrogen) atoms. The van der Waals surface area contributed by atoms with Gasteiger partial charge in [-0.1, -0.05) is 23.7 Å². The van der Waals surface area contributed by atoms with Crippen molar-refractivity contribution in [1.82, 2.24) is 25.7 Å². The number of rotatable bonds is 3. The number of amides is 1. The number of nitrogens with one attached hydrogen (secondary N) is 2. The minimum Gasteiger partial charge on any atom is -0.341 e. The molecular formula is C19H22ClN5O. The fourth-order valence-corrected chi connectivity index (χ4v) is 3.99.